The van der Waals surface area contributed by atoms with E-state index in [1.807, 2.05) is 17.0 Å². The van der Waals surface area contributed by atoms with Gasteiger partial charge in [-0.3, -0.25) is 9.69 Å². The Labute approximate surface area is 242 Å². The molecule has 0 unspecified atom stereocenters. The van der Waals surface area contributed by atoms with Gasteiger partial charge in [0.2, 0.25) is 10.0 Å². The van der Waals surface area contributed by atoms with Crippen LogP contribution in [0.4, 0.5) is 0 Å². The molecule has 1 aliphatic heterocycles. The van der Waals surface area contributed by atoms with Crippen LogP contribution in [0.1, 0.15) is 49.3 Å². The molecule has 0 spiro atoms. The Balaban J connectivity index is 1.16. The van der Waals surface area contributed by atoms with Crippen molar-refractivity contribution < 1.29 is 17.9 Å². The van der Waals surface area contributed by atoms with Gasteiger partial charge in [-0.1, -0.05) is 91.5 Å². The van der Waals surface area contributed by atoms with Crippen molar-refractivity contribution in [3.63, 3.8) is 0 Å². The van der Waals surface area contributed by atoms with Gasteiger partial charge in [0.25, 0.3) is 5.91 Å². The molecule has 2 fully saturated rings. The first-order valence-corrected chi connectivity index (χ1v) is 15.8. The maximum atomic E-state index is 13.0. The quantitative estimate of drug-likeness (QED) is 0.373. The number of halogens is 1. The molecule has 0 radical (unpaired) electrons. The SMILES string of the molecule is O=C(COc1ccc(S(=O)(=O)NC2CCCCC2)cc1Cl)N1CCN(C(c2ccccc2)c2ccccc2)CC1. The Morgan fingerprint density at radius 3 is 2.05 bits per heavy atom. The van der Waals surface area contributed by atoms with E-state index in [9.17, 15) is 13.2 Å². The molecule has 1 amide bonds. The van der Waals surface area contributed by atoms with Crippen LogP contribution in [-0.4, -0.2) is 63.0 Å². The number of amides is 1. The van der Waals surface area contributed by atoms with Gasteiger partial charge < -0.3 is 9.64 Å². The van der Waals surface area contributed by atoms with Gasteiger partial charge >= 0.3 is 0 Å². The molecule has 212 valence electrons. The zero-order valence-corrected chi connectivity index (χ0v) is 24.1. The monoisotopic (exact) mass is 581 g/mol. The number of sulfonamides is 1. The lowest BCUT2D eigenvalue weighted by Gasteiger charge is -2.39. The molecule has 0 bridgehead atoms. The fraction of sp³-hybridized carbons (Fsp3) is 0.387. The van der Waals surface area contributed by atoms with Crippen molar-refractivity contribution in [3.8, 4) is 5.75 Å². The minimum absolute atomic E-state index is 0.0396. The summed E-state index contributed by atoms with van der Waals surface area (Å²) in [6.45, 7) is 2.50. The van der Waals surface area contributed by atoms with E-state index in [4.69, 9.17) is 16.3 Å². The highest BCUT2D eigenvalue weighted by molar-refractivity contribution is 7.89. The van der Waals surface area contributed by atoms with Crippen LogP contribution in [-0.2, 0) is 14.8 Å². The number of carbonyl (C=O) groups excluding carboxylic acids is 1. The minimum atomic E-state index is -3.67. The molecule has 3 aromatic carbocycles. The third-order valence-electron chi connectivity index (χ3n) is 7.75. The van der Waals surface area contributed by atoms with E-state index in [2.05, 4.69) is 58.2 Å². The first-order chi connectivity index (χ1) is 19.4. The lowest BCUT2D eigenvalue weighted by Crippen LogP contribution is -2.51. The van der Waals surface area contributed by atoms with Crippen molar-refractivity contribution in [1.82, 2.24) is 14.5 Å². The average Bonchev–Trinajstić information content (AvgIpc) is 2.98. The summed E-state index contributed by atoms with van der Waals surface area (Å²) < 4.78 is 34.2. The molecule has 1 N–H and O–H groups in total. The van der Waals surface area contributed by atoms with E-state index in [0.29, 0.717) is 18.8 Å². The van der Waals surface area contributed by atoms with Crippen LogP contribution < -0.4 is 9.46 Å². The predicted octanol–water partition coefficient (Wildman–Crippen LogP) is 5.26. The summed E-state index contributed by atoms with van der Waals surface area (Å²) in [6, 6.07) is 25.3. The second-order valence-electron chi connectivity index (χ2n) is 10.5. The minimum Gasteiger partial charge on any atom is -0.482 e. The van der Waals surface area contributed by atoms with E-state index in [1.54, 1.807) is 0 Å². The molecular weight excluding hydrogens is 546 g/mol. The first kappa shape index (κ1) is 28.6. The molecule has 9 heteroatoms. The zero-order chi connectivity index (χ0) is 28.0. The summed E-state index contributed by atoms with van der Waals surface area (Å²) in [5.74, 6) is 0.167. The number of rotatable bonds is 9. The summed E-state index contributed by atoms with van der Waals surface area (Å²) in [7, 11) is -3.67. The molecule has 1 aliphatic carbocycles. The Bertz CT molecular complexity index is 1330. The van der Waals surface area contributed by atoms with Gasteiger partial charge in [0, 0.05) is 32.2 Å². The number of carbonyl (C=O) groups is 1. The lowest BCUT2D eigenvalue weighted by molar-refractivity contribution is -0.135. The van der Waals surface area contributed by atoms with Crippen molar-refractivity contribution in [1.29, 1.82) is 0 Å². The van der Waals surface area contributed by atoms with Crippen LogP contribution in [0.5, 0.6) is 5.75 Å². The zero-order valence-electron chi connectivity index (χ0n) is 22.5. The maximum Gasteiger partial charge on any atom is 0.260 e. The summed E-state index contributed by atoms with van der Waals surface area (Å²) in [6.07, 6.45) is 4.91. The topological polar surface area (TPSA) is 78.9 Å². The van der Waals surface area contributed by atoms with Gasteiger partial charge in [-0.2, -0.15) is 0 Å². The van der Waals surface area contributed by atoms with E-state index in [-0.39, 0.29) is 34.5 Å². The van der Waals surface area contributed by atoms with Crippen LogP contribution in [0.3, 0.4) is 0 Å². The highest BCUT2D eigenvalue weighted by Gasteiger charge is 2.28. The van der Waals surface area contributed by atoms with Crippen molar-refractivity contribution in [3.05, 3.63) is 95.0 Å². The molecule has 0 aromatic heterocycles. The summed E-state index contributed by atoms with van der Waals surface area (Å²) in [5, 5.41) is 0.165. The molecule has 1 saturated carbocycles. The van der Waals surface area contributed by atoms with Gasteiger partial charge in [0.05, 0.1) is 16.0 Å². The van der Waals surface area contributed by atoms with Crippen LogP contribution in [0.2, 0.25) is 5.02 Å². The fourth-order valence-corrected chi connectivity index (χ4v) is 7.25. The molecule has 3 aromatic rings. The smallest absolute Gasteiger partial charge is 0.260 e. The van der Waals surface area contributed by atoms with Crippen molar-refractivity contribution in [2.45, 2.75) is 49.1 Å². The third kappa shape index (κ3) is 7.04. The Morgan fingerprint density at radius 1 is 0.875 bits per heavy atom. The van der Waals surface area contributed by atoms with Crippen LogP contribution >= 0.6 is 11.6 Å². The highest BCUT2D eigenvalue weighted by Crippen LogP contribution is 2.30. The number of nitrogens with zero attached hydrogens (tertiary/aromatic N) is 2. The number of hydrogen-bond acceptors (Lipinski definition) is 5. The molecule has 0 atom stereocenters. The standard InChI is InChI=1S/C31H36ClN3O4S/c32-28-22-27(40(37,38)33-26-14-8-3-9-15-26)16-17-29(28)39-23-30(36)34-18-20-35(21-19-34)31(24-10-4-1-5-11-24)25-12-6-2-7-13-25/h1-2,4-7,10-13,16-17,22,26,31,33H,3,8-9,14-15,18-21,23H2. The number of benzene rings is 3. The Hall–Kier alpha value is -2.91. The number of piperazine rings is 1. The molecule has 40 heavy (non-hydrogen) atoms. The van der Waals surface area contributed by atoms with Gasteiger partial charge in [0.15, 0.2) is 6.61 Å². The highest BCUT2D eigenvalue weighted by atomic mass is 35.5. The lowest BCUT2D eigenvalue weighted by atomic mass is 9.96. The second kappa shape index (κ2) is 13.2. The summed E-state index contributed by atoms with van der Waals surface area (Å²) in [5.41, 5.74) is 2.46. The van der Waals surface area contributed by atoms with E-state index in [0.717, 1.165) is 45.2 Å². The third-order valence-corrected chi connectivity index (χ3v) is 9.57. The first-order valence-electron chi connectivity index (χ1n) is 14.0. The van der Waals surface area contributed by atoms with E-state index < -0.39 is 10.0 Å². The normalized spacial score (nSPS) is 17.2. The largest absolute Gasteiger partial charge is 0.482 e. The van der Waals surface area contributed by atoms with Gasteiger partial charge in [0.1, 0.15) is 5.75 Å². The van der Waals surface area contributed by atoms with Crippen LogP contribution in [0, 0.1) is 0 Å². The molecule has 1 heterocycles. The van der Waals surface area contributed by atoms with Gasteiger partial charge in [-0.25, -0.2) is 13.1 Å². The predicted molar refractivity (Wildman–Crippen MR) is 157 cm³/mol. The number of nitrogens with one attached hydrogen (secondary N) is 1. The molecular formula is C31H36ClN3O4S. The average molecular weight is 582 g/mol. The second-order valence-corrected chi connectivity index (χ2v) is 12.6. The van der Waals surface area contributed by atoms with Crippen molar-refractivity contribution in [2.24, 2.45) is 0 Å². The van der Waals surface area contributed by atoms with Crippen LogP contribution in [0.25, 0.3) is 0 Å². The van der Waals surface area contributed by atoms with Gasteiger partial charge in [-0.15, -0.1) is 0 Å². The maximum absolute atomic E-state index is 13.0. The Morgan fingerprint density at radius 2 is 1.48 bits per heavy atom. The molecule has 1 saturated heterocycles. The molecule has 2 aliphatic rings. The van der Waals surface area contributed by atoms with Crippen molar-refractivity contribution in [2.75, 3.05) is 32.8 Å². The molecule has 5 rings (SSSR count). The van der Waals surface area contributed by atoms with Crippen LogP contribution in [0.15, 0.2) is 83.8 Å². The Kier molecular flexibility index (Phi) is 9.42. The summed E-state index contributed by atoms with van der Waals surface area (Å²) >= 11 is 6.37. The van der Waals surface area contributed by atoms with Gasteiger partial charge in [-0.05, 0) is 42.2 Å². The number of ether oxygens (including phenoxy) is 1. The molecule has 7 nitrogen and oxygen atoms in total. The number of hydrogen-bond donors (Lipinski definition) is 1. The van der Waals surface area contributed by atoms with E-state index in [1.165, 1.54) is 29.3 Å². The van der Waals surface area contributed by atoms with Crippen molar-refractivity contribution >= 4 is 27.5 Å². The van der Waals surface area contributed by atoms with E-state index >= 15 is 0 Å². The fourth-order valence-electron chi connectivity index (χ4n) is 5.62. The summed E-state index contributed by atoms with van der Waals surface area (Å²) in [4.78, 5) is 17.3.